The van der Waals surface area contributed by atoms with Crippen LogP contribution in [0.4, 0.5) is 17.1 Å². The third-order valence-corrected chi connectivity index (χ3v) is 10.8. The molecular formula is C50H31NO. The van der Waals surface area contributed by atoms with Crippen LogP contribution in [-0.4, -0.2) is 0 Å². The molecule has 10 aromatic carbocycles. The summed E-state index contributed by atoms with van der Waals surface area (Å²) in [5.41, 5.74) is 10.3. The van der Waals surface area contributed by atoms with Crippen LogP contribution < -0.4 is 9.64 Å². The van der Waals surface area contributed by atoms with Crippen molar-refractivity contribution < 1.29 is 4.74 Å². The first kappa shape index (κ1) is 28.9. The molecule has 0 aliphatic carbocycles. The standard InChI is InChI=1S/C50H31NO/c1-3-11-32(12-4-1)35-15-8-19-38(29-35)51(37-17-5-2-6-18-37)39-25-26-41-43-22-10-21-42-40(27-28-46(50(42)43)52-47(41)31-39)45-30-36-16-7-13-33-23-24-34-14-9-20-44(45)49(34)48(33)36/h1-31H. The van der Waals surface area contributed by atoms with Crippen LogP contribution in [0.15, 0.2) is 188 Å². The van der Waals surface area contributed by atoms with E-state index < -0.39 is 0 Å². The van der Waals surface area contributed by atoms with E-state index in [4.69, 9.17) is 4.74 Å². The number of para-hydroxylation sites is 1. The third kappa shape index (κ3) is 4.38. The van der Waals surface area contributed by atoms with Crippen molar-refractivity contribution in [3.8, 4) is 44.9 Å². The summed E-state index contributed by atoms with van der Waals surface area (Å²) in [5.74, 6) is 1.74. The molecule has 0 saturated carbocycles. The summed E-state index contributed by atoms with van der Waals surface area (Å²) in [6.07, 6.45) is 0. The van der Waals surface area contributed by atoms with Crippen molar-refractivity contribution >= 4 is 60.2 Å². The van der Waals surface area contributed by atoms with Crippen LogP contribution in [0, 0.1) is 0 Å². The van der Waals surface area contributed by atoms with Crippen LogP contribution >= 0.6 is 0 Å². The average Bonchev–Trinajstić information content (AvgIpc) is 3.21. The maximum Gasteiger partial charge on any atom is 0.137 e. The van der Waals surface area contributed by atoms with E-state index in [-0.39, 0.29) is 0 Å². The molecule has 10 aromatic rings. The summed E-state index contributed by atoms with van der Waals surface area (Å²) in [5, 5.41) is 10.1. The van der Waals surface area contributed by atoms with Crippen molar-refractivity contribution in [3.05, 3.63) is 188 Å². The van der Waals surface area contributed by atoms with Crippen LogP contribution in [0.5, 0.6) is 11.5 Å². The highest BCUT2D eigenvalue weighted by molar-refractivity contribution is 6.27. The Morgan fingerprint density at radius 3 is 1.79 bits per heavy atom. The fourth-order valence-electron chi connectivity index (χ4n) is 8.46. The molecule has 1 heterocycles. The maximum absolute atomic E-state index is 6.86. The van der Waals surface area contributed by atoms with Gasteiger partial charge in [0, 0.05) is 34.1 Å². The summed E-state index contributed by atoms with van der Waals surface area (Å²) in [7, 11) is 0. The molecule has 0 aromatic heterocycles. The molecule has 2 nitrogen and oxygen atoms in total. The summed E-state index contributed by atoms with van der Waals surface area (Å²) in [6.45, 7) is 0. The number of rotatable bonds is 5. The van der Waals surface area contributed by atoms with Gasteiger partial charge in [-0.3, -0.25) is 0 Å². The molecule has 0 saturated heterocycles. The zero-order chi connectivity index (χ0) is 34.2. The van der Waals surface area contributed by atoms with Crippen molar-refractivity contribution in [1.29, 1.82) is 0 Å². The van der Waals surface area contributed by atoms with Gasteiger partial charge in [-0.1, -0.05) is 133 Å². The van der Waals surface area contributed by atoms with Crippen LogP contribution in [0.1, 0.15) is 0 Å². The zero-order valence-corrected chi connectivity index (χ0v) is 28.3. The van der Waals surface area contributed by atoms with E-state index in [1.807, 2.05) is 0 Å². The Kier molecular flexibility index (Phi) is 6.28. The largest absolute Gasteiger partial charge is 0.456 e. The van der Waals surface area contributed by atoms with Gasteiger partial charge < -0.3 is 9.64 Å². The SMILES string of the molecule is c1ccc(-c2cccc(N(c3ccccc3)c3ccc4c(c3)Oc3ccc(-c5cc6cccc7ccc8cccc5c8c76)c5cccc-4c35)c2)cc1. The number of hydrogen-bond donors (Lipinski definition) is 0. The molecule has 1 aliphatic heterocycles. The highest BCUT2D eigenvalue weighted by Gasteiger charge is 2.25. The molecule has 2 heteroatoms. The molecule has 0 amide bonds. The Balaban J connectivity index is 1.07. The highest BCUT2D eigenvalue weighted by atomic mass is 16.5. The first-order valence-electron chi connectivity index (χ1n) is 17.8. The number of anilines is 3. The van der Waals surface area contributed by atoms with Gasteiger partial charge in [-0.2, -0.15) is 0 Å². The first-order chi connectivity index (χ1) is 25.8. The van der Waals surface area contributed by atoms with Crippen molar-refractivity contribution in [1.82, 2.24) is 0 Å². The van der Waals surface area contributed by atoms with E-state index in [1.54, 1.807) is 0 Å². The van der Waals surface area contributed by atoms with Crippen LogP contribution in [0.3, 0.4) is 0 Å². The highest BCUT2D eigenvalue weighted by Crippen LogP contribution is 2.51. The van der Waals surface area contributed by atoms with Crippen molar-refractivity contribution in [2.24, 2.45) is 0 Å². The van der Waals surface area contributed by atoms with Gasteiger partial charge in [0.2, 0.25) is 0 Å². The van der Waals surface area contributed by atoms with Crippen LogP contribution in [0.25, 0.3) is 76.5 Å². The van der Waals surface area contributed by atoms with Gasteiger partial charge in [0.05, 0.1) is 0 Å². The second-order valence-electron chi connectivity index (χ2n) is 13.7. The Bertz CT molecular complexity index is 2980. The molecule has 0 unspecified atom stereocenters. The van der Waals surface area contributed by atoms with Crippen molar-refractivity contribution in [3.63, 3.8) is 0 Å². The lowest BCUT2D eigenvalue weighted by Gasteiger charge is -2.28. The van der Waals surface area contributed by atoms with Gasteiger partial charge >= 0.3 is 0 Å². The molecule has 0 radical (unpaired) electrons. The third-order valence-electron chi connectivity index (χ3n) is 10.8. The quantitative estimate of drug-likeness (QED) is 0.170. The van der Waals surface area contributed by atoms with E-state index in [2.05, 4.69) is 193 Å². The Morgan fingerprint density at radius 1 is 0.308 bits per heavy atom. The molecule has 0 atom stereocenters. The van der Waals surface area contributed by atoms with Gasteiger partial charge in [-0.15, -0.1) is 0 Å². The normalized spacial score (nSPS) is 12.0. The first-order valence-corrected chi connectivity index (χ1v) is 17.8. The minimum Gasteiger partial charge on any atom is -0.456 e. The summed E-state index contributed by atoms with van der Waals surface area (Å²) in [4.78, 5) is 2.31. The van der Waals surface area contributed by atoms with Gasteiger partial charge in [0.15, 0.2) is 0 Å². The molecule has 0 spiro atoms. The Labute approximate surface area is 301 Å². The van der Waals surface area contributed by atoms with Crippen molar-refractivity contribution in [2.75, 3.05) is 4.90 Å². The van der Waals surface area contributed by atoms with Crippen molar-refractivity contribution in [2.45, 2.75) is 0 Å². The number of ether oxygens (including phenoxy) is 1. The zero-order valence-electron chi connectivity index (χ0n) is 28.3. The summed E-state index contributed by atoms with van der Waals surface area (Å²) < 4.78 is 6.86. The topological polar surface area (TPSA) is 12.5 Å². The van der Waals surface area contributed by atoms with E-state index in [0.29, 0.717) is 0 Å². The molecule has 52 heavy (non-hydrogen) atoms. The van der Waals surface area contributed by atoms with Gasteiger partial charge in [0.25, 0.3) is 0 Å². The molecule has 11 rings (SSSR count). The van der Waals surface area contributed by atoms with E-state index in [9.17, 15) is 0 Å². The predicted molar refractivity (Wildman–Crippen MR) is 219 cm³/mol. The molecule has 0 bridgehead atoms. The number of fused-ring (bicyclic) bond motifs is 2. The lowest BCUT2D eigenvalue weighted by atomic mass is 9.86. The molecular weight excluding hydrogens is 631 g/mol. The maximum atomic E-state index is 6.86. The number of benzene rings is 10. The van der Waals surface area contributed by atoms with Gasteiger partial charge in [-0.05, 0) is 114 Å². The van der Waals surface area contributed by atoms with E-state index in [0.717, 1.165) is 39.5 Å². The number of nitrogens with zero attached hydrogens (tertiary/aromatic N) is 1. The minimum atomic E-state index is 0.854. The average molecular weight is 662 g/mol. The minimum absolute atomic E-state index is 0.854. The van der Waals surface area contributed by atoms with Gasteiger partial charge in [0.1, 0.15) is 11.5 Å². The van der Waals surface area contributed by atoms with E-state index >= 15 is 0 Å². The second kappa shape index (κ2) is 11.3. The second-order valence-corrected chi connectivity index (χ2v) is 13.7. The molecule has 1 aliphatic rings. The predicted octanol–water partition coefficient (Wildman–Crippen LogP) is 14.3. The van der Waals surface area contributed by atoms with Gasteiger partial charge in [-0.25, -0.2) is 0 Å². The Hall–Kier alpha value is -6.90. The Morgan fingerprint density at radius 2 is 0.942 bits per heavy atom. The van der Waals surface area contributed by atoms with Crippen LogP contribution in [-0.2, 0) is 0 Å². The summed E-state index contributed by atoms with van der Waals surface area (Å²) in [6, 6.07) is 67.8. The molecule has 242 valence electrons. The monoisotopic (exact) mass is 661 g/mol. The lowest BCUT2D eigenvalue weighted by molar-refractivity contribution is 0.487. The summed E-state index contributed by atoms with van der Waals surface area (Å²) >= 11 is 0. The fraction of sp³-hybridized carbons (Fsp3) is 0. The van der Waals surface area contributed by atoms with E-state index in [1.165, 1.54) is 65.5 Å². The smallest absolute Gasteiger partial charge is 0.137 e. The molecule has 0 fully saturated rings. The van der Waals surface area contributed by atoms with Crippen LogP contribution in [0.2, 0.25) is 0 Å². The lowest BCUT2D eigenvalue weighted by Crippen LogP contribution is -2.10. The fourth-order valence-corrected chi connectivity index (χ4v) is 8.46. The molecule has 0 N–H and O–H groups in total. The number of hydrogen-bond acceptors (Lipinski definition) is 2.